The predicted molar refractivity (Wildman–Crippen MR) is 125 cm³/mol. The van der Waals surface area contributed by atoms with Crippen LogP contribution in [0.1, 0.15) is 30.7 Å². The van der Waals surface area contributed by atoms with Gasteiger partial charge >= 0.3 is 18.6 Å². The lowest BCUT2D eigenvalue weighted by atomic mass is 9.80. The van der Waals surface area contributed by atoms with Crippen LogP contribution in [0.3, 0.4) is 0 Å². The van der Waals surface area contributed by atoms with E-state index in [9.17, 15) is 22.4 Å². The Morgan fingerprint density at radius 3 is 2.29 bits per heavy atom. The van der Waals surface area contributed by atoms with E-state index in [-0.39, 0.29) is 23.7 Å². The molecule has 0 saturated heterocycles. The smallest absolute Gasteiger partial charge is 0.428 e. The summed E-state index contributed by atoms with van der Waals surface area (Å²) in [6, 6.07) is 16.6. The molecule has 0 saturated carbocycles. The maximum atomic E-state index is 14.0. The molecule has 3 rings (SSSR count). The average Bonchev–Trinajstić information content (AvgIpc) is 2.79. The molecule has 0 fully saturated rings. The Kier molecular flexibility index (Phi) is 8.22. The fourth-order valence-electron chi connectivity index (χ4n) is 3.62. The van der Waals surface area contributed by atoms with Crippen molar-refractivity contribution in [2.24, 2.45) is 0 Å². The molecule has 1 aromatic heterocycles. The summed E-state index contributed by atoms with van der Waals surface area (Å²) in [7, 11) is 0. The van der Waals surface area contributed by atoms with Crippen LogP contribution in [0, 0.1) is 0 Å². The van der Waals surface area contributed by atoms with Gasteiger partial charge in [0.05, 0.1) is 10.7 Å². The normalized spacial score (nSPS) is 13.4. The number of benzene rings is 2. The lowest BCUT2D eigenvalue weighted by Crippen LogP contribution is -2.54. The predicted octanol–water partition coefficient (Wildman–Crippen LogP) is 6.17. The fourth-order valence-corrected chi connectivity index (χ4v) is 3.73. The monoisotopic (exact) mass is 509 g/mol. The van der Waals surface area contributed by atoms with Crippen LogP contribution in [0.25, 0.3) is 0 Å². The Morgan fingerprint density at radius 1 is 1.03 bits per heavy atom. The van der Waals surface area contributed by atoms with Gasteiger partial charge in [0.1, 0.15) is 11.3 Å². The van der Waals surface area contributed by atoms with Crippen molar-refractivity contribution in [2.75, 3.05) is 0 Å². The number of nitrogens with zero attached hydrogens (tertiary/aromatic N) is 1. The van der Waals surface area contributed by atoms with Crippen molar-refractivity contribution in [1.82, 2.24) is 15.6 Å². The molecule has 1 atom stereocenters. The summed E-state index contributed by atoms with van der Waals surface area (Å²) in [4.78, 5) is 17.4. The quantitative estimate of drug-likeness (QED) is 0.339. The molecule has 0 aliphatic carbocycles. The minimum atomic E-state index is -4.76. The molecule has 1 unspecified atom stereocenters. The summed E-state index contributed by atoms with van der Waals surface area (Å²) in [5.74, 6) is -0.532. The van der Waals surface area contributed by atoms with E-state index in [1.807, 2.05) is 0 Å². The second-order valence-electron chi connectivity index (χ2n) is 8.14. The van der Waals surface area contributed by atoms with E-state index in [2.05, 4.69) is 20.4 Å². The number of pyridine rings is 1. The van der Waals surface area contributed by atoms with E-state index in [0.29, 0.717) is 10.6 Å². The van der Waals surface area contributed by atoms with Crippen molar-refractivity contribution >= 4 is 17.6 Å². The molecular formula is C25H24ClF4N3O2. The third-order valence-corrected chi connectivity index (χ3v) is 5.29. The molecule has 3 aromatic rings. The van der Waals surface area contributed by atoms with Crippen molar-refractivity contribution in [2.45, 2.75) is 44.4 Å². The second kappa shape index (κ2) is 10.9. The molecule has 1 heterocycles. The third-order valence-electron chi connectivity index (χ3n) is 5.07. The van der Waals surface area contributed by atoms with Gasteiger partial charge in [-0.25, -0.2) is 4.79 Å². The first-order valence-electron chi connectivity index (χ1n) is 10.7. The van der Waals surface area contributed by atoms with E-state index in [0.717, 1.165) is 6.07 Å². The Morgan fingerprint density at radius 2 is 1.69 bits per heavy atom. The highest BCUT2D eigenvalue weighted by atomic mass is 35.5. The van der Waals surface area contributed by atoms with Gasteiger partial charge in [-0.2, -0.15) is 17.6 Å². The van der Waals surface area contributed by atoms with Crippen molar-refractivity contribution in [3.05, 3.63) is 94.8 Å². The van der Waals surface area contributed by atoms with Crippen molar-refractivity contribution in [3.8, 4) is 5.75 Å². The number of alkyl halides is 4. The minimum Gasteiger partial charge on any atom is -0.428 e. The summed E-state index contributed by atoms with van der Waals surface area (Å²) in [5, 5.41) is 5.87. The largest absolute Gasteiger partial charge is 0.461 e. The van der Waals surface area contributed by atoms with Crippen molar-refractivity contribution in [1.29, 1.82) is 0 Å². The number of hydrogen-bond donors (Lipinski definition) is 2. The molecule has 2 aromatic carbocycles. The zero-order chi connectivity index (χ0) is 25.6. The zero-order valence-electron chi connectivity index (χ0n) is 18.9. The molecule has 5 nitrogen and oxygen atoms in total. The van der Waals surface area contributed by atoms with Crippen LogP contribution < -0.4 is 15.4 Å². The first-order chi connectivity index (χ1) is 16.5. The van der Waals surface area contributed by atoms with Crippen molar-refractivity contribution < 1.29 is 27.1 Å². The molecule has 2 N–H and O–H groups in total. The Hall–Kier alpha value is -3.33. The van der Waals surface area contributed by atoms with Crippen molar-refractivity contribution in [3.63, 3.8) is 0 Å². The summed E-state index contributed by atoms with van der Waals surface area (Å²) in [5.41, 5.74) is -0.636. The highest BCUT2D eigenvalue weighted by Gasteiger charge is 2.47. The lowest BCUT2D eigenvalue weighted by Gasteiger charge is -2.37. The van der Waals surface area contributed by atoms with Gasteiger partial charge in [-0.1, -0.05) is 60.1 Å². The molecule has 0 radical (unpaired) electrons. The SMILES string of the molecule is CC(C)NC(=O)NC(Cc1ccccc1)(c1ccc(Cl)cn1)c1ccccc1OC(F)(F)C(F)F. The Bertz CT molecular complexity index is 1130. The molecular weight excluding hydrogens is 486 g/mol. The Balaban J connectivity index is 2.27. The van der Waals surface area contributed by atoms with Gasteiger partial charge in [0, 0.05) is 24.2 Å². The number of carbonyl (C=O) groups is 1. The highest BCUT2D eigenvalue weighted by Crippen LogP contribution is 2.40. The number of amides is 2. The van der Waals surface area contributed by atoms with E-state index in [1.54, 1.807) is 44.2 Å². The number of urea groups is 1. The van der Waals surface area contributed by atoms with Gasteiger partial charge in [-0.15, -0.1) is 0 Å². The number of aromatic nitrogens is 1. The number of nitrogens with one attached hydrogen (secondary N) is 2. The summed E-state index contributed by atoms with van der Waals surface area (Å²) >= 11 is 6.03. The third kappa shape index (κ3) is 6.42. The van der Waals surface area contributed by atoms with Gasteiger partial charge < -0.3 is 15.4 Å². The number of halogens is 5. The number of ether oxygens (including phenoxy) is 1. The van der Waals surface area contributed by atoms with E-state index in [4.69, 9.17) is 11.6 Å². The lowest BCUT2D eigenvalue weighted by molar-refractivity contribution is -0.253. The fraction of sp³-hybridized carbons (Fsp3) is 0.280. The number of rotatable bonds is 9. The van der Waals surface area contributed by atoms with Gasteiger partial charge in [0.25, 0.3) is 0 Å². The van der Waals surface area contributed by atoms with Crippen LogP contribution >= 0.6 is 11.6 Å². The highest BCUT2D eigenvalue weighted by molar-refractivity contribution is 6.30. The number of para-hydroxylation sites is 1. The topological polar surface area (TPSA) is 63.2 Å². The van der Waals surface area contributed by atoms with Crippen LogP contribution in [-0.4, -0.2) is 29.6 Å². The van der Waals surface area contributed by atoms with E-state index < -0.39 is 29.9 Å². The zero-order valence-corrected chi connectivity index (χ0v) is 19.7. The molecule has 0 aliphatic rings. The second-order valence-corrected chi connectivity index (χ2v) is 8.58. The van der Waals surface area contributed by atoms with Gasteiger partial charge in [0.15, 0.2) is 0 Å². The molecule has 10 heteroatoms. The van der Waals surface area contributed by atoms with Gasteiger partial charge in [-0.3, -0.25) is 4.98 Å². The summed E-state index contributed by atoms with van der Waals surface area (Å²) in [6.07, 6.45) is -7.45. The molecule has 0 spiro atoms. The van der Waals surface area contributed by atoms with Crippen LogP contribution in [0.5, 0.6) is 5.75 Å². The minimum absolute atomic E-state index is 0.0120. The molecule has 0 aliphatic heterocycles. The molecule has 186 valence electrons. The van der Waals surface area contributed by atoms with Crippen LogP contribution in [0.2, 0.25) is 5.02 Å². The summed E-state index contributed by atoms with van der Waals surface area (Å²) in [6.45, 7) is 3.50. The first-order valence-corrected chi connectivity index (χ1v) is 11.1. The number of hydrogen-bond acceptors (Lipinski definition) is 3. The Labute approximate surface area is 205 Å². The molecule has 0 bridgehead atoms. The van der Waals surface area contributed by atoms with E-state index in [1.165, 1.54) is 36.5 Å². The van der Waals surface area contributed by atoms with Crippen LogP contribution in [-0.2, 0) is 12.0 Å². The van der Waals surface area contributed by atoms with Crippen LogP contribution in [0.15, 0.2) is 72.9 Å². The summed E-state index contributed by atoms with van der Waals surface area (Å²) < 4.78 is 58.6. The van der Waals surface area contributed by atoms with Crippen LogP contribution in [0.4, 0.5) is 22.4 Å². The first kappa shape index (κ1) is 26.3. The maximum Gasteiger partial charge on any atom is 0.461 e. The molecule has 2 amide bonds. The maximum absolute atomic E-state index is 14.0. The number of carbonyl (C=O) groups excluding carboxylic acids is 1. The van der Waals surface area contributed by atoms with Gasteiger partial charge in [-0.05, 0) is 37.6 Å². The average molecular weight is 510 g/mol. The standard InChI is InChI=1S/C25H24ClF4N3O2/c1-16(2)32-23(34)33-24(14-17-8-4-3-5-9-17,21-13-12-18(26)15-31-21)19-10-6-7-11-20(19)35-25(29,30)22(27)28/h3-13,15-16,22H,14H2,1-2H3,(H2,32,33,34). The molecule has 35 heavy (non-hydrogen) atoms. The van der Waals surface area contributed by atoms with Gasteiger partial charge in [0.2, 0.25) is 0 Å². The van der Waals surface area contributed by atoms with E-state index >= 15 is 0 Å².